The second-order valence-electron chi connectivity index (χ2n) is 11.7. The Balaban J connectivity index is 2.01. The molecule has 35 heavy (non-hydrogen) atoms. The van der Waals surface area contributed by atoms with E-state index in [4.69, 9.17) is 14.2 Å². The molecule has 0 aliphatic heterocycles. The van der Waals surface area contributed by atoms with Crippen molar-refractivity contribution in [2.45, 2.75) is 91.3 Å². The van der Waals surface area contributed by atoms with Crippen molar-refractivity contribution < 1.29 is 43.6 Å². The van der Waals surface area contributed by atoms with Gasteiger partial charge in [0.15, 0.2) is 5.78 Å². The van der Waals surface area contributed by atoms with Gasteiger partial charge in [-0.15, -0.1) is 0 Å². The van der Waals surface area contributed by atoms with Crippen LogP contribution in [0.1, 0.15) is 60.8 Å². The maximum absolute atomic E-state index is 14.1. The van der Waals surface area contributed by atoms with Crippen LogP contribution in [0.5, 0.6) is 0 Å². The monoisotopic (exact) mass is 492 g/mol. The van der Waals surface area contributed by atoms with Crippen molar-refractivity contribution in [1.29, 1.82) is 0 Å². The van der Waals surface area contributed by atoms with Gasteiger partial charge in [-0.25, -0.2) is 0 Å². The fourth-order valence-corrected chi connectivity index (χ4v) is 8.39. The predicted octanol–water partition coefficient (Wildman–Crippen LogP) is 1.72. The van der Waals surface area contributed by atoms with E-state index < -0.39 is 82.3 Å². The highest BCUT2D eigenvalue weighted by Crippen LogP contribution is 2.72. The van der Waals surface area contributed by atoms with Gasteiger partial charge in [-0.1, -0.05) is 27.4 Å². The first-order valence-electron chi connectivity index (χ1n) is 12.2. The molecular formula is C26H36O9. The van der Waals surface area contributed by atoms with Gasteiger partial charge in [-0.05, 0) is 24.3 Å². The Hall–Kier alpha value is -2.26. The highest BCUT2D eigenvalue weighted by atomic mass is 16.6. The molecule has 4 fully saturated rings. The number of hydrogen-bond acceptors (Lipinski definition) is 9. The van der Waals surface area contributed by atoms with Crippen LogP contribution in [0.15, 0.2) is 12.2 Å². The van der Waals surface area contributed by atoms with Crippen molar-refractivity contribution in [2.75, 3.05) is 0 Å². The molecule has 0 amide bonds. The summed E-state index contributed by atoms with van der Waals surface area (Å²) in [7, 11) is 0. The Bertz CT molecular complexity index is 985. The fourth-order valence-electron chi connectivity index (χ4n) is 8.39. The van der Waals surface area contributed by atoms with Crippen LogP contribution in [0.2, 0.25) is 0 Å². The van der Waals surface area contributed by atoms with Crippen LogP contribution in [-0.2, 0) is 33.4 Å². The van der Waals surface area contributed by atoms with Crippen molar-refractivity contribution in [3.63, 3.8) is 0 Å². The van der Waals surface area contributed by atoms with Gasteiger partial charge in [0.25, 0.3) is 0 Å². The third kappa shape index (κ3) is 3.41. The Morgan fingerprint density at radius 2 is 1.51 bits per heavy atom. The summed E-state index contributed by atoms with van der Waals surface area (Å²) in [6.07, 6.45) is -4.39. The van der Waals surface area contributed by atoms with E-state index in [-0.39, 0.29) is 12.3 Å². The number of carbonyl (C=O) groups is 4. The number of aliphatic hydroxyl groups is 2. The summed E-state index contributed by atoms with van der Waals surface area (Å²) in [5.74, 6) is -4.05. The van der Waals surface area contributed by atoms with Crippen LogP contribution >= 0.6 is 0 Å². The molecule has 0 aromatic heterocycles. The maximum atomic E-state index is 14.1. The zero-order valence-corrected chi connectivity index (χ0v) is 21.2. The normalized spacial score (nSPS) is 45.7. The maximum Gasteiger partial charge on any atom is 0.303 e. The number of fused-ring (bicyclic) bond motifs is 3. The van der Waals surface area contributed by atoms with Gasteiger partial charge in [0.1, 0.15) is 24.4 Å². The lowest BCUT2D eigenvalue weighted by molar-refractivity contribution is -0.275. The summed E-state index contributed by atoms with van der Waals surface area (Å²) in [4.78, 5) is 50.6. The number of rotatable bonds is 3. The minimum atomic E-state index is -1.56. The molecule has 0 aromatic carbocycles. The third-order valence-corrected chi connectivity index (χ3v) is 9.42. The smallest absolute Gasteiger partial charge is 0.303 e. The summed E-state index contributed by atoms with van der Waals surface area (Å²) in [5, 5.41) is 22.8. The number of Topliss-reactive ketones (excluding diaryl/α,β-unsaturated/α-hetero) is 1. The molecule has 0 unspecified atom stereocenters. The van der Waals surface area contributed by atoms with Gasteiger partial charge < -0.3 is 24.4 Å². The number of hydrogen-bond donors (Lipinski definition) is 2. The highest BCUT2D eigenvalue weighted by Gasteiger charge is 2.79. The third-order valence-electron chi connectivity index (χ3n) is 9.42. The van der Waals surface area contributed by atoms with Crippen LogP contribution in [0.3, 0.4) is 0 Å². The Kier molecular flexibility index (Phi) is 6.00. The molecule has 1 spiro atoms. The van der Waals surface area contributed by atoms with Crippen LogP contribution in [0, 0.1) is 34.0 Å². The molecule has 9 nitrogen and oxygen atoms in total. The van der Waals surface area contributed by atoms with Gasteiger partial charge in [0.2, 0.25) is 0 Å². The number of ether oxygens (including phenoxy) is 3. The lowest BCUT2D eigenvalue weighted by Gasteiger charge is -2.67. The number of aliphatic hydroxyl groups excluding tert-OH is 2. The molecular weight excluding hydrogens is 456 g/mol. The number of ketones is 1. The van der Waals surface area contributed by atoms with Crippen molar-refractivity contribution in [2.24, 2.45) is 34.0 Å². The summed E-state index contributed by atoms with van der Waals surface area (Å²) < 4.78 is 17.3. The first-order chi connectivity index (χ1) is 16.1. The SMILES string of the molecule is C=C1[C@@H]2C[C@H](OC(C)=O)[C@H]3[C@]4(C)[C@@H](OC(C)=O)C[C@H](O)C(C)(C)[C@H]4C(=O)[C@H](O)[C@]3(C2)[C@H]1OC(C)=O. The molecule has 10 atom stereocenters. The lowest BCUT2D eigenvalue weighted by atomic mass is 9.38. The average molecular weight is 493 g/mol. The minimum absolute atomic E-state index is 0.0743. The average Bonchev–Trinajstić information content (AvgIpc) is 2.91. The summed E-state index contributed by atoms with van der Waals surface area (Å²) in [6.45, 7) is 13.3. The number of carbonyl (C=O) groups excluding carboxylic acids is 4. The van der Waals surface area contributed by atoms with Crippen LogP contribution in [0.25, 0.3) is 0 Å². The van der Waals surface area contributed by atoms with Gasteiger partial charge in [0.05, 0.1) is 11.5 Å². The van der Waals surface area contributed by atoms with E-state index in [0.717, 1.165) is 0 Å². The van der Waals surface area contributed by atoms with Crippen molar-refractivity contribution in [1.82, 2.24) is 0 Å². The molecule has 0 saturated heterocycles. The Morgan fingerprint density at radius 3 is 2.06 bits per heavy atom. The second kappa shape index (κ2) is 8.13. The second-order valence-corrected chi connectivity index (χ2v) is 11.7. The minimum Gasteiger partial charge on any atom is -0.462 e. The summed E-state index contributed by atoms with van der Waals surface area (Å²) in [5.41, 5.74) is -2.85. The summed E-state index contributed by atoms with van der Waals surface area (Å²) >= 11 is 0. The van der Waals surface area contributed by atoms with Crippen LogP contribution < -0.4 is 0 Å². The Morgan fingerprint density at radius 1 is 0.943 bits per heavy atom. The largest absolute Gasteiger partial charge is 0.462 e. The zero-order chi connectivity index (χ0) is 26.2. The quantitative estimate of drug-likeness (QED) is 0.343. The highest BCUT2D eigenvalue weighted by molar-refractivity contribution is 5.90. The number of esters is 3. The Labute approximate surface area is 205 Å². The van der Waals surface area contributed by atoms with Crippen LogP contribution in [-0.4, -0.2) is 64.4 Å². The molecule has 2 bridgehead atoms. The van der Waals surface area contributed by atoms with Gasteiger partial charge in [-0.2, -0.15) is 0 Å². The molecule has 0 aromatic rings. The topological polar surface area (TPSA) is 136 Å². The first kappa shape index (κ1) is 25.8. The van der Waals surface area contributed by atoms with Crippen LogP contribution in [0.4, 0.5) is 0 Å². The fraction of sp³-hybridized carbons (Fsp3) is 0.769. The van der Waals surface area contributed by atoms with Gasteiger partial charge in [-0.3, -0.25) is 19.2 Å². The molecule has 2 N–H and O–H groups in total. The van der Waals surface area contributed by atoms with Crippen molar-refractivity contribution in [3.05, 3.63) is 12.2 Å². The molecule has 194 valence electrons. The summed E-state index contributed by atoms with van der Waals surface area (Å²) in [6, 6.07) is 0. The van der Waals surface area contributed by atoms with Gasteiger partial charge >= 0.3 is 17.9 Å². The van der Waals surface area contributed by atoms with Crippen molar-refractivity contribution >= 4 is 23.7 Å². The molecule has 4 aliphatic rings. The molecule has 4 aliphatic carbocycles. The molecule has 9 heteroatoms. The van der Waals surface area contributed by atoms with E-state index in [9.17, 15) is 29.4 Å². The van der Waals surface area contributed by atoms with E-state index in [1.54, 1.807) is 13.8 Å². The predicted molar refractivity (Wildman–Crippen MR) is 121 cm³/mol. The zero-order valence-electron chi connectivity index (χ0n) is 21.2. The van der Waals surface area contributed by atoms with E-state index in [1.165, 1.54) is 20.8 Å². The molecule has 4 saturated carbocycles. The standard InChI is InChI=1S/C26H36O9/c1-11-15-8-16(33-12(2)27)20-25(7)18(34-13(3)28)9-17(30)24(5,6)21(25)19(31)22(32)26(20,10-15)23(11)35-14(4)29/h15-18,20-23,30,32H,1,8-10H2,2-7H3/t15-,16+,17+,18+,20+,21-,22+,23+,25+,26-/m1/s1. The van der Waals surface area contributed by atoms with Crippen molar-refractivity contribution in [3.8, 4) is 0 Å². The van der Waals surface area contributed by atoms with E-state index in [2.05, 4.69) is 6.58 Å². The lowest BCUT2D eigenvalue weighted by Crippen LogP contribution is -2.76. The molecule has 0 heterocycles. The first-order valence-corrected chi connectivity index (χ1v) is 12.2. The van der Waals surface area contributed by atoms with E-state index in [1.807, 2.05) is 6.92 Å². The molecule has 4 rings (SSSR count). The van der Waals surface area contributed by atoms with Gasteiger partial charge in [0, 0.05) is 49.9 Å². The molecule has 0 radical (unpaired) electrons. The van der Waals surface area contributed by atoms with E-state index in [0.29, 0.717) is 18.4 Å². The van der Waals surface area contributed by atoms with E-state index >= 15 is 0 Å².